The maximum absolute atomic E-state index is 10.6. The fraction of sp³-hybridized carbons (Fsp3) is 0.929. The highest BCUT2D eigenvalue weighted by molar-refractivity contribution is 5.66. The third-order valence-corrected chi connectivity index (χ3v) is 3.31. The summed E-state index contributed by atoms with van der Waals surface area (Å²) in [7, 11) is 0. The van der Waals surface area contributed by atoms with Gasteiger partial charge in [0.25, 0.3) is 0 Å². The van der Waals surface area contributed by atoms with Crippen molar-refractivity contribution < 1.29 is 20.1 Å². The summed E-state index contributed by atoms with van der Waals surface area (Å²) in [5.41, 5.74) is 0. The van der Waals surface area contributed by atoms with E-state index < -0.39 is 5.97 Å². The molecule has 18 heavy (non-hydrogen) atoms. The van der Waals surface area contributed by atoms with Gasteiger partial charge in [-0.2, -0.15) is 0 Å². The highest BCUT2D eigenvalue weighted by Gasteiger charge is 2.10. The number of aliphatic carboxylic acids is 1. The largest absolute Gasteiger partial charge is 0.481 e. The Morgan fingerprint density at radius 1 is 0.778 bits per heavy atom. The van der Waals surface area contributed by atoms with Gasteiger partial charge >= 0.3 is 5.97 Å². The van der Waals surface area contributed by atoms with E-state index in [9.17, 15) is 4.79 Å². The molecule has 0 aliphatic carbocycles. The Balaban J connectivity index is 3.73. The first-order valence-electron chi connectivity index (χ1n) is 7.14. The number of carboxylic acid groups (broad SMARTS) is 1. The molecule has 4 nitrogen and oxygen atoms in total. The Morgan fingerprint density at radius 2 is 1.28 bits per heavy atom. The van der Waals surface area contributed by atoms with Gasteiger partial charge in [0.1, 0.15) is 0 Å². The number of rotatable bonds is 13. The first-order valence-corrected chi connectivity index (χ1v) is 7.14. The first-order chi connectivity index (χ1) is 8.70. The fourth-order valence-electron chi connectivity index (χ4n) is 2.20. The number of aliphatic hydroxyl groups excluding tert-OH is 2. The van der Waals surface area contributed by atoms with Crippen LogP contribution in [0.1, 0.15) is 64.2 Å². The van der Waals surface area contributed by atoms with Crippen molar-refractivity contribution in [3.63, 3.8) is 0 Å². The molecule has 0 radical (unpaired) electrons. The molecular formula is C14H28O4. The Labute approximate surface area is 110 Å². The van der Waals surface area contributed by atoms with Crippen molar-refractivity contribution in [1.82, 2.24) is 0 Å². The molecule has 0 aliphatic heterocycles. The van der Waals surface area contributed by atoms with Gasteiger partial charge in [-0.3, -0.25) is 4.79 Å². The van der Waals surface area contributed by atoms with E-state index in [1.807, 2.05) is 0 Å². The smallest absolute Gasteiger partial charge is 0.303 e. The van der Waals surface area contributed by atoms with Crippen LogP contribution in [0, 0.1) is 5.92 Å². The molecule has 108 valence electrons. The van der Waals surface area contributed by atoms with E-state index in [2.05, 4.69) is 0 Å². The third kappa shape index (κ3) is 11.9. The van der Waals surface area contributed by atoms with Crippen LogP contribution in [0.5, 0.6) is 0 Å². The molecule has 0 aromatic rings. The number of hydrogen-bond donors (Lipinski definition) is 3. The monoisotopic (exact) mass is 260 g/mol. The number of carboxylic acids is 1. The van der Waals surface area contributed by atoms with Crippen LogP contribution in [0.15, 0.2) is 0 Å². The molecule has 0 unspecified atom stereocenters. The number of aliphatic hydroxyl groups is 2. The minimum Gasteiger partial charge on any atom is -0.481 e. The van der Waals surface area contributed by atoms with E-state index in [-0.39, 0.29) is 19.6 Å². The molecular weight excluding hydrogens is 232 g/mol. The lowest BCUT2D eigenvalue weighted by Crippen LogP contribution is -2.05. The van der Waals surface area contributed by atoms with Crippen molar-refractivity contribution in [2.75, 3.05) is 13.2 Å². The molecule has 0 rings (SSSR count). The van der Waals surface area contributed by atoms with Crippen molar-refractivity contribution in [3.05, 3.63) is 0 Å². The van der Waals surface area contributed by atoms with Crippen LogP contribution in [0.4, 0.5) is 0 Å². The maximum atomic E-state index is 10.6. The van der Waals surface area contributed by atoms with Crippen molar-refractivity contribution in [3.8, 4) is 0 Å². The zero-order valence-corrected chi connectivity index (χ0v) is 11.3. The predicted octanol–water partition coefficient (Wildman–Crippen LogP) is 2.57. The fourth-order valence-corrected chi connectivity index (χ4v) is 2.20. The summed E-state index contributed by atoms with van der Waals surface area (Å²) in [4.78, 5) is 10.6. The lowest BCUT2D eigenvalue weighted by Gasteiger charge is -2.15. The minimum atomic E-state index is -0.717. The number of unbranched alkanes of at least 4 members (excludes halogenated alkanes) is 4. The summed E-state index contributed by atoms with van der Waals surface area (Å²) in [5.74, 6) is -0.232. The van der Waals surface area contributed by atoms with Crippen LogP contribution in [-0.2, 0) is 4.79 Å². The molecule has 0 bridgehead atoms. The Kier molecular flexibility index (Phi) is 12.4. The van der Waals surface area contributed by atoms with Crippen LogP contribution < -0.4 is 0 Å². The summed E-state index contributed by atoms with van der Waals surface area (Å²) in [6, 6.07) is 0. The molecule has 0 fully saturated rings. The quantitative estimate of drug-likeness (QED) is 0.445. The average molecular weight is 260 g/mol. The van der Waals surface area contributed by atoms with Gasteiger partial charge < -0.3 is 15.3 Å². The molecule has 0 aromatic heterocycles. The van der Waals surface area contributed by atoms with Crippen LogP contribution in [0.2, 0.25) is 0 Å². The molecule has 0 atom stereocenters. The van der Waals surface area contributed by atoms with Crippen molar-refractivity contribution in [1.29, 1.82) is 0 Å². The summed E-state index contributed by atoms with van der Waals surface area (Å²) < 4.78 is 0. The van der Waals surface area contributed by atoms with E-state index in [1.165, 1.54) is 0 Å². The van der Waals surface area contributed by atoms with Crippen LogP contribution in [0.3, 0.4) is 0 Å². The van der Waals surface area contributed by atoms with E-state index in [1.54, 1.807) is 0 Å². The zero-order valence-electron chi connectivity index (χ0n) is 11.3. The van der Waals surface area contributed by atoms with Crippen molar-refractivity contribution in [2.24, 2.45) is 5.92 Å². The van der Waals surface area contributed by atoms with E-state index in [0.29, 0.717) is 5.92 Å². The van der Waals surface area contributed by atoms with Crippen molar-refractivity contribution in [2.45, 2.75) is 64.2 Å². The molecule has 0 saturated heterocycles. The highest BCUT2D eigenvalue weighted by Crippen LogP contribution is 2.22. The van der Waals surface area contributed by atoms with Gasteiger partial charge in [0.05, 0.1) is 0 Å². The van der Waals surface area contributed by atoms with Gasteiger partial charge in [0.2, 0.25) is 0 Å². The second-order valence-electron chi connectivity index (χ2n) is 4.94. The van der Waals surface area contributed by atoms with Crippen molar-refractivity contribution >= 4 is 5.97 Å². The molecule has 0 aliphatic rings. The molecule has 0 heterocycles. The van der Waals surface area contributed by atoms with Crippen LogP contribution in [-0.4, -0.2) is 34.5 Å². The molecule has 0 spiro atoms. The average Bonchev–Trinajstić information content (AvgIpc) is 2.35. The molecule has 4 heteroatoms. The Morgan fingerprint density at radius 3 is 1.67 bits per heavy atom. The van der Waals surface area contributed by atoms with Gasteiger partial charge in [-0.15, -0.1) is 0 Å². The van der Waals surface area contributed by atoms with E-state index in [0.717, 1.165) is 57.8 Å². The lowest BCUT2D eigenvalue weighted by molar-refractivity contribution is -0.137. The Hall–Kier alpha value is -0.610. The van der Waals surface area contributed by atoms with Gasteiger partial charge in [-0.25, -0.2) is 0 Å². The molecule has 3 N–H and O–H groups in total. The second-order valence-corrected chi connectivity index (χ2v) is 4.94. The Bertz CT molecular complexity index is 182. The second kappa shape index (κ2) is 12.8. The SMILES string of the molecule is O=C(O)CCC(CCCCCO)CCCCCO. The normalized spacial score (nSPS) is 11.1. The first kappa shape index (κ1) is 17.4. The molecule has 0 aromatic carbocycles. The molecule has 0 saturated carbocycles. The summed E-state index contributed by atoms with van der Waals surface area (Å²) in [6.45, 7) is 0.493. The maximum Gasteiger partial charge on any atom is 0.303 e. The summed E-state index contributed by atoms with van der Waals surface area (Å²) in [6.07, 6.45) is 9.02. The van der Waals surface area contributed by atoms with Gasteiger partial charge in [-0.1, -0.05) is 38.5 Å². The minimum absolute atomic E-state index is 0.246. The predicted molar refractivity (Wildman–Crippen MR) is 71.5 cm³/mol. The number of hydrogen-bond acceptors (Lipinski definition) is 3. The third-order valence-electron chi connectivity index (χ3n) is 3.31. The lowest BCUT2D eigenvalue weighted by atomic mass is 9.91. The summed E-state index contributed by atoms with van der Waals surface area (Å²) >= 11 is 0. The zero-order chi connectivity index (χ0) is 13.6. The molecule has 0 amide bonds. The van der Waals surface area contributed by atoms with Gasteiger partial charge in [0, 0.05) is 19.6 Å². The standard InChI is InChI=1S/C14H28O4/c15-11-5-1-3-7-13(9-10-14(17)18)8-4-2-6-12-16/h13,15-16H,1-12H2,(H,17,18). The summed E-state index contributed by atoms with van der Waals surface area (Å²) in [5, 5.41) is 26.1. The highest BCUT2D eigenvalue weighted by atomic mass is 16.4. The number of carbonyl (C=O) groups is 1. The van der Waals surface area contributed by atoms with Gasteiger partial charge in [-0.05, 0) is 25.2 Å². The topological polar surface area (TPSA) is 77.8 Å². The van der Waals surface area contributed by atoms with E-state index >= 15 is 0 Å². The van der Waals surface area contributed by atoms with Gasteiger partial charge in [0.15, 0.2) is 0 Å². The van der Waals surface area contributed by atoms with Crippen LogP contribution >= 0.6 is 0 Å². The van der Waals surface area contributed by atoms with E-state index in [4.69, 9.17) is 15.3 Å². The van der Waals surface area contributed by atoms with Crippen LogP contribution in [0.25, 0.3) is 0 Å².